The van der Waals surface area contributed by atoms with E-state index in [0.717, 1.165) is 70.1 Å². The van der Waals surface area contributed by atoms with Crippen LogP contribution in [0.3, 0.4) is 0 Å². The molecule has 0 aromatic heterocycles. The zero-order chi connectivity index (χ0) is 23.3. The number of methoxy groups -OCH3 is 1. The van der Waals surface area contributed by atoms with Gasteiger partial charge in [-0.1, -0.05) is 64.0 Å². The van der Waals surface area contributed by atoms with Gasteiger partial charge in [0, 0.05) is 12.5 Å². The van der Waals surface area contributed by atoms with Gasteiger partial charge in [-0.2, -0.15) is 0 Å². The van der Waals surface area contributed by atoms with Crippen LogP contribution in [0.1, 0.15) is 133 Å². The molecule has 3 fully saturated rings. The Balaban J connectivity index is 1.51. The van der Waals surface area contributed by atoms with Crippen molar-refractivity contribution in [3.05, 3.63) is 34.9 Å². The van der Waals surface area contributed by atoms with Crippen molar-refractivity contribution < 1.29 is 13.5 Å². The van der Waals surface area contributed by atoms with Crippen molar-refractivity contribution in [1.29, 1.82) is 0 Å². The minimum absolute atomic E-state index is 0.183. The molecule has 33 heavy (non-hydrogen) atoms. The van der Waals surface area contributed by atoms with E-state index in [-0.39, 0.29) is 11.3 Å². The Kier molecular flexibility index (Phi) is 8.87. The summed E-state index contributed by atoms with van der Waals surface area (Å²) in [5.41, 5.74) is 1.16. The molecule has 0 unspecified atom stereocenters. The highest BCUT2D eigenvalue weighted by molar-refractivity contribution is 5.35. The van der Waals surface area contributed by atoms with Crippen LogP contribution < -0.4 is 0 Å². The first-order valence-electron chi connectivity index (χ1n) is 14.1. The maximum Gasteiger partial charge on any atom is 0.162 e. The molecule has 186 valence electrons. The van der Waals surface area contributed by atoms with Crippen molar-refractivity contribution in [3.63, 3.8) is 0 Å². The maximum absolute atomic E-state index is 15.8. The monoisotopic (exact) mass is 460 g/mol. The van der Waals surface area contributed by atoms with Crippen molar-refractivity contribution in [3.8, 4) is 0 Å². The standard InChI is InChI=1S/C30H46F2O/c1-3-4-6-9-22-10-12-23(13-11-22)26-18-19-27(29(32)28(26)31)30(20-7-5-8-21-30)24-14-16-25(33-2)17-15-24/h18-19,22-25H,3-17,20-21H2,1-2H3. The van der Waals surface area contributed by atoms with E-state index in [2.05, 4.69) is 6.92 Å². The Bertz CT molecular complexity index is 738. The van der Waals surface area contributed by atoms with E-state index in [4.69, 9.17) is 4.74 Å². The summed E-state index contributed by atoms with van der Waals surface area (Å²) < 4.78 is 37.0. The first-order chi connectivity index (χ1) is 16.1. The highest BCUT2D eigenvalue weighted by Gasteiger charge is 2.45. The van der Waals surface area contributed by atoms with Gasteiger partial charge in [-0.15, -0.1) is 0 Å². The van der Waals surface area contributed by atoms with Gasteiger partial charge in [0.1, 0.15) is 0 Å². The molecule has 0 atom stereocenters. The zero-order valence-corrected chi connectivity index (χ0v) is 21.1. The van der Waals surface area contributed by atoms with Gasteiger partial charge in [0.2, 0.25) is 0 Å². The molecule has 0 saturated heterocycles. The summed E-state index contributed by atoms with van der Waals surface area (Å²) in [6.45, 7) is 2.25. The highest BCUT2D eigenvalue weighted by atomic mass is 19.2. The van der Waals surface area contributed by atoms with Gasteiger partial charge >= 0.3 is 0 Å². The topological polar surface area (TPSA) is 9.23 Å². The van der Waals surface area contributed by atoms with E-state index >= 15 is 8.78 Å². The number of benzene rings is 1. The number of hydrogen-bond acceptors (Lipinski definition) is 1. The third-order valence-corrected chi connectivity index (χ3v) is 9.69. The number of ether oxygens (including phenoxy) is 1. The normalized spacial score (nSPS) is 30.3. The largest absolute Gasteiger partial charge is 0.381 e. The first kappa shape index (κ1) is 25.1. The summed E-state index contributed by atoms with van der Waals surface area (Å²) in [5, 5.41) is 0. The summed E-state index contributed by atoms with van der Waals surface area (Å²) in [6.07, 6.45) is 19.7. The van der Waals surface area contributed by atoms with Crippen LogP contribution >= 0.6 is 0 Å². The molecule has 3 aliphatic rings. The smallest absolute Gasteiger partial charge is 0.162 e. The highest BCUT2D eigenvalue weighted by Crippen LogP contribution is 2.52. The van der Waals surface area contributed by atoms with Gasteiger partial charge in [-0.05, 0) is 93.1 Å². The van der Waals surface area contributed by atoms with E-state index in [1.165, 1.54) is 44.9 Å². The summed E-state index contributed by atoms with van der Waals surface area (Å²) in [4.78, 5) is 0. The molecule has 3 heteroatoms. The van der Waals surface area contributed by atoms with E-state index < -0.39 is 11.6 Å². The fraction of sp³-hybridized carbons (Fsp3) is 0.800. The molecule has 0 heterocycles. The van der Waals surface area contributed by atoms with Gasteiger partial charge in [-0.3, -0.25) is 0 Å². The van der Waals surface area contributed by atoms with Crippen molar-refractivity contribution >= 4 is 0 Å². The molecule has 1 nitrogen and oxygen atoms in total. The molecule has 0 N–H and O–H groups in total. The first-order valence-corrected chi connectivity index (χ1v) is 14.1. The third-order valence-electron chi connectivity index (χ3n) is 9.69. The molecule has 1 aromatic rings. The number of hydrogen-bond donors (Lipinski definition) is 0. The molecule has 0 amide bonds. The summed E-state index contributed by atoms with van der Waals surface area (Å²) in [6, 6.07) is 3.99. The molecule has 1 aromatic carbocycles. The molecule has 3 saturated carbocycles. The Morgan fingerprint density at radius 1 is 0.848 bits per heavy atom. The van der Waals surface area contributed by atoms with Crippen LogP contribution in [0.2, 0.25) is 0 Å². The second kappa shape index (κ2) is 11.6. The lowest BCUT2D eigenvalue weighted by atomic mass is 9.58. The van der Waals surface area contributed by atoms with Gasteiger partial charge in [0.05, 0.1) is 6.10 Å². The molecule has 4 rings (SSSR count). The van der Waals surface area contributed by atoms with Crippen LogP contribution in [0, 0.1) is 23.5 Å². The summed E-state index contributed by atoms with van der Waals surface area (Å²) in [7, 11) is 1.80. The summed E-state index contributed by atoms with van der Waals surface area (Å²) in [5.74, 6) is 0.372. The Morgan fingerprint density at radius 3 is 2.18 bits per heavy atom. The van der Waals surface area contributed by atoms with Gasteiger partial charge < -0.3 is 4.74 Å². The molecular weight excluding hydrogens is 414 g/mol. The van der Waals surface area contributed by atoms with Crippen LogP contribution in [-0.2, 0) is 10.2 Å². The van der Waals surface area contributed by atoms with E-state index in [0.29, 0.717) is 23.1 Å². The molecule has 0 radical (unpaired) electrons. The lowest BCUT2D eigenvalue weighted by molar-refractivity contribution is 0.0319. The molecule has 0 bridgehead atoms. The van der Waals surface area contributed by atoms with Gasteiger partial charge in [-0.25, -0.2) is 8.78 Å². The number of rotatable bonds is 8. The minimum atomic E-state index is -0.530. The second-order valence-corrected chi connectivity index (χ2v) is 11.5. The Hall–Kier alpha value is -0.960. The zero-order valence-electron chi connectivity index (χ0n) is 21.1. The van der Waals surface area contributed by atoms with Crippen molar-refractivity contribution in [1.82, 2.24) is 0 Å². The average Bonchev–Trinajstić information content (AvgIpc) is 2.87. The van der Waals surface area contributed by atoms with E-state index in [1.807, 2.05) is 12.1 Å². The van der Waals surface area contributed by atoms with Crippen molar-refractivity contribution in [2.75, 3.05) is 7.11 Å². The number of halogens is 2. The maximum atomic E-state index is 15.8. The lowest BCUT2D eigenvalue weighted by Gasteiger charge is -2.47. The summed E-state index contributed by atoms with van der Waals surface area (Å²) >= 11 is 0. The predicted octanol–water partition coefficient (Wildman–Crippen LogP) is 9.23. The minimum Gasteiger partial charge on any atom is -0.381 e. The Morgan fingerprint density at radius 2 is 1.55 bits per heavy atom. The quantitative estimate of drug-likeness (QED) is 0.351. The third kappa shape index (κ3) is 5.49. The van der Waals surface area contributed by atoms with Crippen LogP contribution in [0.15, 0.2) is 12.1 Å². The average molecular weight is 461 g/mol. The van der Waals surface area contributed by atoms with Crippen LogP contribution in [0.5, 0.6) is 0 Å². The van der Waals surface area contributed by atoms with Crippen LogP contribution in [0.4, 0.5) is 8.78 Å². The lowest BCUT2D eigenvalue weighted by Crippen LogP contribution is -2.41. The van der Waals surface area contributed by atoms with Crippen molar-refractivity contribution in [2.45, 2.75) is 134 Å². The van der Waals surface area contributed by atoms with E-state index in [9.17, 15) is 0 Å². The number of unbranched alkanes of at least 4 members (excludes halogenated alkanes) is 2. The Labute approximate surface area is 201 Å². The fourth-order valence-electron chi connectivity index (χ4n) is 7.64. The second-order valence-electron chi connectivity index (χ2n) is 11.5. The van der Waals surface area contributed by atoms with Crippen LogP contribution in [0.25, 0.3) is 0 Å². The SMILES string of the molecule is CCCCCC1CCC(c2ccc(C3(C4CCC(OC)CC4)CCCCC3)c(F)c2F)CC1. The van der Waals surface area contributed by atoms with Gasteiger partial charge in [0.15, 0.2) is 11.6 Å². The predicted molar refractivity (Wildman–Crippen MR) is 133 cm³/mol. The fourth-order valence-corrected chi connectivity index (χ4v) is 7.64. The molecule has 3 aliphatic carbocycles. The molecule has 0 aliphatic heterocycles. The van der Waals surface area contributed by atoms with Gasteiger partial charge in [0.25, 0.3) is 0 Å². The molecule has 0 spiro atoms. The van der Waals surface area contributed by atoms with Crippen LogP contribution in [-0.4, -0.2) is 13.2 Å². The van der Waals surface area contributed by atoms with E-state index in [1.54, 1.807) is 7.11 Å². The van der Waals surface area contributed by atoms with Crippen molar-refractivity contribution in [2.24, 2.45) is 11.8 Å². The molecular formula is C30H46F2O.